The Morgan fingerprint density at radius 1 is 1.25 bits per heavy atom. The molecule has 3 unspecified atom stereocenters. The van der Waals surface area contributed by atoms with Gasteiger partial charge < -0.3 is 5.73 Å². The zero-order valence-electron chi connectivity index (χ0n) is 13.3. The average molecular weight is 274 g/mol. The molecule has 1 aromatic carbocycles. The van der Waals surface area contributed by atoms with Gasteiger partial charge in [0, 0.05) is 18.6 Å². The Kier molecular flexibility index (Phi) is 5.62. The highest BCUT2D eigenvalue weighted by atomic mass is 15.2. The molecule has 0 radical (unpaired) electrons. The van der Waals surface area contributed by atoms with E-state index in [2.05, 4.69) is 49.9 Å². The van der Waals surface area contributed by atoms with Gasteiger partial charge in [0.15, 0.2) is 0 Å². The number of nitrogens with two attached hydrogens (primary N) is 1. The third-order valence-electron chi connectivity index (χ3n) is 4.86. The summed E-state index contributed by atoms with van der Waals surface area (Å²) < 4.78 is 0. The van der Waals surface area contributed by atoms with E-state index in [0.717, 1.165) is 13.1 Å². The molecule has 1 fully saturated rings. The van der Waals surface area contributed by atoms with E-state index in [0.29, 0.717) is 18.0 Å². The maximum atomic E-state index is 5.88. The van der Waals surface area contributed by atoms with Crippen molar-refractivity contribution < 1.29 is 0 Å². The summed E-state index contributed by atoms with van der Waals surface area (Å²) in [4.78, 5) is 2.63. The normalized spacial score (nSPS) is 25.6. The molecule has 1 aliphatic rings. The molecule has 0 spiro atoms. The first kappa shape index (κ1) is 15.5. The highest BCUT2D eigenvalue weighted by molar-refractivity contribution is 5.25. The third-order valence-corrected chi connectivity index (χ3v) is 4.86. The Hall–Kier alpha value is -0.860. The second kappa shape index (κ2) is 7.24. The second-order valence-electron chi connectivity index (χ2n) is 6.39. The maximum absolute atomic E-state index is 5.88. The van der Waals surface area contributed by atoms with Crippen LogP contribution >= 0.6 is 0 Å². The van der Waals surface area contributed by atoms with Gasteiger partial charge in [-0.3, -0.25) is 4.90 Å². The topological polar surface area (TPSA) is 29.3 Å². The fraction of sp³-hybridized carbons (Fsp3) is 0.667. The standard InChI is InChI=1S/C18H30N2/c1-4-5-16-8-10-18(11-9-16)15(3)20-13-17(12-19)7-6-14(20)2/h8-11,14-15,17H,4-7,12-13,19H2,1-3H3. The Balaban J connectivity index is 2.06. The molecule has 2 nitrogen and oxygen atoms in total. The van der Waals surface area contributed by atoms with E-state index in [1.54, 1.807) is 0 Å². The zero-order valence-corrected chi connectivity index (χ0v) is 13.3. The lowest BCUT2D eigenvalue weighted by atomic mass is 9.91. The molecule has 112 valence electrons. The van der Waals surface area contributed by atoms with Crippen molar-refractivity contribution in [2.24, 2.45) is 11.7 Å². The monoisotopic (exact) mass is 274 g/mol. The van der Waals surface area contributed by atoms with Crippen molar-refractivity contribution in [2.45, 2.75) is 58.5 Å². The first-order chi connectivity index (χ1) is 9.65. The Morgan fingerprint density at radius 2 is 1.95 bits per heavy atom. The van der Waals surface area contributed by atoms with Crippen LogP contribution in [0.15, 0.2) is 24.3 Å². The number of likely N-dealkylation sites (tertiary alicyclic amines) is 1. The van der Waals surface area contributed by atoms with Gasteiger partial charge in [0.1, 0.15) is 0 Å². The van der Waals surface area contributed by atoms with E-state index in [9.17, 15) is 0 Å². The molecule has 2 N–H and O–H groups in total. The summed E-state index contributed by atoms with van der Waals surface area (Å²) in [7, 11) is 0. The van der Waals surface area contributed by atoms with Crippen LogP contribution in [-0.4, -0.2) is 24.0 Å². The number of nitrogens with zero attached hydrogens (tertiary/aromatic N) is 1. The van der Waals surface area contributed by atoms with E-state index in [-0.39, 0.29) is 0 Å². The molecule has 0 bridgehead atoms. The van der Waals surface area contributed by atoms with Gasteiger partial charge in [-0.15, -0.1) is 0 Å². The minimum absolute atomic E-state index is 0.495. The van der Waals surface area contributed by atoms with Crippen molar-refractivity contribution in [2.75, 3.05) is 13.1 Å². The molecule has 2 heteroatoms. The quantitative estimate of drug-likeness (QED) is 0.886. The van der Waals surface area contributed by atoms with Crippen LogP contribution in [-0.2, 0) is 6.42 Å². The van der Waals surface area contributed by atoms with E-state index in [1.165, 1.54) is 36.8 Å². The van der Waals surface area contributed by atoms with E-state index in [4.69, 9.17) is 5.73 Å². The molecule has 0 aliphatic carbocycles. The number of rotatable bonds is 5. The fourth-order valence-electron chi connectivity index (χ4n) is 3.39. The van der Waals surface area contributed by atoms with Crippen LogP contribution in [0.5, 0.6) is 0 Å². The van der Waals surface area contributed by atoms with Gasteiger partial charge in [0.2, 0.25) is 0 Å². The third kappa shape index (κ3) is 3.62. The SMILES string of the molecule is CCCc1ccc(C(C)N2CC(CN)CCC2C)cc1. The first-order valence-corrected chi connectivity index (χ1v) is 8.20. The molecule has 1 aliphatic heterocycles. The summed E-state index contributed by atoms with van der Waals surface area (Å²) in [5.41, 5.74) is 8.77. The lowest BCUT2D eigenvalue weighted by Gasteiger charge is -2.41. The Labute approximate surface area is 124 Å². The molecule has 1 saturated heterocycles. The number of benzene rings is 1. The number of piperidine rings is 1. The van der Waals surface area contributed by atoms with Crippen LogP contribution in [0.4, 0.5) is 0 Å². The lowest BCUT2D eigenvalue weighted by molar-refractivity contribution is 0.0812. The Morgan fingerprint density at radius 3 is 2.55 bits per heavy atom. The van der Waals surface area contributed by atoms with Gasteiger partial charge >= 0.3 is 0 Å². The largest absolute Gasteiger partial charge is 0.330 e. The minimum atomic E-state index is 0.495. The summed E-state index contributed by atoms with van der Waals surface area (Å²) in [5.74, 6) is 0.674. The highest BCUT2D eigenvalue weighted by Crippen LogP contribution is 2.30. The molecule has 1 heterocycles. The van der Waals surface area contributed by atoms with Gasteiger partial charge in [0.25, 0.3) is 0 Å². The van der Waals surface area contributed by atoms with Crippen molar-refractivity contribution in [3.63, 3.8) is 0 Å². The van der Waals surface area contributed by atoms with Crippen molar-refractivity contribution in [3.05, 3.63) is 35.4 Å². The summed E-state index contributed by atoms with van der Waals surface area (Å²) in [6, 6.07) is 10.4. The van der Waals surface area contributed by atoms with E-state index >= 15 is 0 Å². The van der Waals surface area contributed by atoms with Gasteiger partial charge in [0.05, 0.1) is 0 Å². The smallest absolute Gasteiger partial charge is 0.0322 e. The van der Waals surface area contributed by atoms with E-state index in [1.807, 2.05) is 0 Å². The first-order valence-electron chi connectivity index (χ1n) is 8.20. The Bertz CT molecular complexity index is 398. The van der Waals surface area contributed by atoms with Crippen LogP contribution in [0.2, 0.25) is 0 Å². The average Bonchev–Trinajstić information content (AvgIpc) is 2.48. The molecule has 0 amide bonds. The minimum Gasteiger partial charge on any atom is -0.330 e. The van der Waals surface area contributed by atoms with Crippen LogP contribution in [0.25, 0.3) is 0 Å². The highest BCUT2D eigenvalue weighted by Gasteiger charge is 2.28. The number of hydrogen-bond acceptors (Lipinski definition) is 2. The van der Waals surface area contributed by atoms with Gasteiger partial charge in [-0.2, -0.15) is 0 Å². The second-order valence-corrected chi connectivity index (χ2v) is 6.39. The van der Waals surface area contributed by atoms with Gasteiger partial charge in [-0.1, -0.05) is 37.6 Å². The van der Waals surface area contributed by atoms with Crippen molar-refractivity contribution in [1.29, 1.82) is 0 Å². The van der Waals surface area contributed by atoms with Crippen molar-refractivity contribution in [3.8, 4) is 0 Å². The molecule has 0 aromatic heterocycles. The van der Waals surface area contributed by atoms with Gasteiger partial charge in [-0.05, 0) is 56.7 Å². The number of aryl methyl sites for hydroxylation is 1. The molecule has 3 atom stereocenters. The van der Waals surface area contributed by atoms with Crippen molar-refractivity contribution in [1.82, 2.24) is 4.90 Å². The van der Waals surface area contributed by atoms with Crippen LogP contribution in [0.3, 0.4) is 0 Å². The molecule has 2 rings (SSSR count). The fourth-order valence-corrected chi connectivity index (χ4v) is 3.39. The molecular formula is C18H30N2. The number of hydrogen-bond donors (Lipinski definition) is 1. The van der Waals surface area contributed by atoms with Crippen molar-refractivity contribution >= 4 is 0 Å². The predicted molar refractivity (Wildman–Crippen MR) is 86.8 cm³/mol. The van der Waals surface area contributed by atoms with Gasteiger partial charge in [-0.25, -0.2) is 0 Å². The summed E-state index contributed by atoms with van der Waals surface area (Å²) >= 11 is 0. The molecule has 1 aromatic rings. The summed E-state index contributed by atoms with van der Waals surface area (Å²) in [5, 5.41) is 0. The van der Waals surface area contributed by atoms with Crippen LogP contribution in [0, 0.1) is 5.92 Å². The summed E-state index contributed by atoms with van der Waals surface area (Å²) in [6.45, 7) is 8.90. The maximum Gasteiger partial charge on any atom is 0.0322 e. The molecular weight excluding hydrogens is 244 g/mol. The summed E-state index contributed by atoms with van der Waals surface area (Å²) in [6.07, 6.45) is 4.97. The van der Waals surface area contributed by atoms with E-state index < -0.39 is 0 Å². The van der Waals surface area contributed by atoms with Crippen LogP contribution < -0.4 is 5.73 Å². The predicted octanol–water partition coefficient (Wildman–Crippen LogP) is 3.76. The molecule has 20 heavy (non-hydrogen) atoms. The lowest BCUT2D eigenvalue weighted by Crippen LogP contribution is -2.44. The zero-order chi connectivity index (χ0) is 14.5. The van der Waals surface area contributed by atoms with Crippen LogP contribution in [0.1, 0.15) is 57.2 Å². The molecule has 0 saturated carbocycles.